The van der Waals surface area contributed by atoms with Crippen molar-refractivity contribution in [3.05, 3.63) is 59.3 Å². The van der Waals surface area contributed by atoms with Crippen LogP contribution in [0.15, 0.2) is 36.5 Å². The van der Waals surface area contributed by atoms with Crippen LogP contribution < -0.4 is 10.1 Å². The van der Waals surface area contributed by atoms with Gasteiger partial charge in [-0.2, -0.15) is 0 Å². The fraction of sp³-hybridized carbons (Fsp3) is 0.143. The molecule has 1 N–H and O–H groups in total. The van der Waals surface area contributed by atoms with Gasteiger partial charge in [-0.25, -0.2) is 13.8 Å². The molecule has 0 saturated carbocycles. The summed E-state index contributed by atoms with van der Waals surface area (Å²) < 4.78 is 31.3. The van der Waals surface area contributed by atoms with Gasteiger partial charge in [-0.05, 0) is 17.7 Å². The number of pyridine rings is 1. The molecule has 0 aliphatic rings. The van der Waals surface area contributed by atoms with Crippen LogP contribution in [0.3, 0.4) is 0 Å². The average molecular weight is 278 g/mol. The number of aromatic nitrogens is 1. The number of hydrogen-bond acceptors (Lipinski definition) is 3. The molecule has 20 heavy (non-hydrogen) atoms. The van der Waals surface area contributed by atoms with E-state index in [0.717, 1.165) is 11.6 Å². The number of benzene rings is 1. The summed E-state index contributed by atoms with van der Waals surface area (Å²) in [4.78, 5) is 15.7. The summed E-state index contributed by atoms with van der Waals surface area (Å²) in [6, 6.07) is 6.82. The summed E-state index contributed by atoms with van der Waals surface area (Å²) >= 11 is 0. The van der Waals surface area contributed by atoms with Crippen LogP contribution in [-0.2, 0) is 6.54 Å². The third-order valence-corrected chi connectivity index (χ3v) is 2.66. The number of hydrogen-bond donors (Lipinski definition) is 1. The van der Waals surface area contributed by atoms with E-state index in [2.05, 4.69) is 10.3 Å². The third-order valence-electron chi connectivity index (χ3n) is 2.66. The first-order chi connectivity index (χ1) is 9.61. The molecule has 104 valence electrons. The number of nitrogens with one attached hydrogen (secondary N) is 1. The summed E-state index contributed by atoms with van der Waals surface area (Å²) in [6.45, 7) is 0.159. The molecule has 0 bridgehead atoms. The minimum atomic E-state index is -1.15. The number of rotatable bonds is 4. The Hall–Kier alpha value is -2.50. The minimum Gasteiger partial charge on any atom is -0.481 e. The van der Waals surface area contributed by atoms with E-state index in [1.807, 2.05) is 0 Å². The highest BCUT2D eigenvalue weighted by atomic mass is 19.2. The number of amides is 1. The zero-order valence-electron chi connectivity index (χ0n) is 10.7. The molecule has 0 spiro atoms. The molecular formula is C14H12F2N2O2. The van der Waals surface area contributed by atoms with Crippen molar-refractivity contribution < 1.29 is 18.3 Å². The van der Waals surface area contributed by atoms with Crippen LogP contribution in [0.4, 0.5) is 8.78 Å². The summed E-state index contributed by atoms with van der Waals surface area (Å²) in [5.41, 5.74) is 0.391. The number of carbonyl (C=O) groups is 1. The molecule has 2 aromatic rings. The second-order valence-electron chi connectivity index (χ2n) is 3.99. The van der Waals surface area contributed by atoms with Gasteiger partial charge < -0.3 is 10.1 Å². The van der Waals surface area contributed by atoms with Gasteiger partial charge in [0, 0.05) is 18.8 Å². The van der Waals surface area contributed by atoms with Gasteiger partial charge in [0.05, 0.1) is 12.7 Å². The molecule has 1 amide bonds. The van der Waals surface area contributed by atoms with Gasteiger partial charge in [-0.1, -0.05) is 12.1 Å². The van der Waals surface area contributed by atoms with Gasteiger partial charge >= 0.3 is 0 Å². The Bertz CT molecular complexity index is 615. The Labute approximate surface area is 114 Å². The lowest BCUT2D eigenvalue weighted by Crippen LogP contribution is -2.24. The first-order valence-corrected chi connectivity index (χ1v) is 5.83. The third kappa shape index (κ3) is 3.09. The molecule has 0 saturated heterocycles. The first kappa shape index (κ1) is 13.9. The molecule has 1 aromatic carbocycles. The predicted molar refractivity (Wildman–Crippen MR) is 68.3 cm³/mol. The summed E-state index contributed by atoms with van der Waals surface area (Å²) in [6.07, 6.45) is 1.53. The first-order valence-electron chi connectivity index (χ1n) is 5.83. The van der Waals surface area contributed by atoms with Gasteiger partial charge in [-0.15, -0.1) is 0 Å². The monoisotopic (exact) mass is 278 g/mol. The van der Waals surface area contributed by atoms with Crippen LogP contribution in [0.1, 0.15) is 15.9 Å². The molecule has 0 fully saturated rings. The SMILES string of the molecule is COc1ccc(CNC(=O)c2cccc(F)c2F)cn1. The van der Waals surface area contributed by atoms with Crippen LogP contribution in [0, 0.1) is 11.6 Å². The minimum absolute atomic E-state index is 0.159. The number of ether oxygens (including phenoxy) is 1. The van der Waals surface area contributed by atoms with Crippen molar-refractivity contribution in [1.29, 1.82) is 0 Å². The molecule has 0 atom stereocenters. The lowest BCUT2D eigenvalue weighted by Gasteiger charge is -2.07. The molecule has 0 aliphatic heterocycles. The number of methoxy groups -OCH3 is 1. The summed E-state index contributed by atoms with van der Waals surface area (Å²) in [5.74, 6) is -2.43. The van der Waals surface area contributed by atoms with Crippen molar-refractivity contribution in [3.8, 4) is 5.88 Å². The largest absolute Gasteiger partial charge is 0.481 e. The van der Waals surface area contributed by atoms with Crippen molar-refractivity contribution in [2.45, 2.75) is 6.54 Å². The van der Waals surface area contributed by atoms with Gasteiger partial charge in [0.25, 0.3) is 5.91 Å². The predicted octanol–water partition coefficient (Wildman–Crippen LogP) is 2.30. The van der Waals surface area contributed by atoms with Crippen molar-refractivity contribution in [2.24, 2.45) is 0 Å². The van der Waals surface area contributed by atoms with E-state index in [4.69, 9.17) is 4.74 Å². The highest BCUT2D eigenvalue weighted by Gasteiger charge is 2.14. The van der Waals surface area contributed by atoms with E-state index in [-0.39, 0.29) is 12.1 Å². The van der Waals surface area contributed by atoms with E-state index >= 15 is 0 Å². The number of carbonyl (C=O) groups excluding carboxylic acids is 1. The van der Waals surface area contributed by atoms with Gasteiger partial charge in [0.15, 0.2) is 11.6 Å². The molecule has 0 radical (unpaired) electrons. The molecule has 1 heterocycles. The summed E-state index contributed by atoms with van der Waals surface area (Å²) in [5, 5.41) is 2.49. The maximum absolute atomic E-state index is 13.4. The Morgan fingerprint density at radius 2 is 2.10 bits per heavy atom. The fourth-order valence-corrected chi connectivity index (χ4v) is 1.59. The fourth-order valence-electron chi connectivity index (χ4n) is 1.59. The van der Waals surface area contributed by atoms with Crippen LogP contribution >= 0.6 is 0 Å². The van der Waals surface area contributed by atoms with E-state index in [0.29, 0.717) is 5.88 Å². The molecule has 0 aliphatic carbocycles. The average Bonchev–Trinajstić information content (AvgIpc) is 2.48. The van der Waals surface area contributed by atoms with E-state index in [9.17, 15) is 13.6 Å². The lowest BCUT2D eigenvalue weighted by atomic mass is 10.2. The normalized spacial score (nSPS) is 10.2. The molecule has 1 aromatic heterocycles. The molecule has 0 unspecified atom stereocenters. The Kier molecular flexibility index (Phi) is 4.24. The lowest BCUT2D eigenvalue weighted by molar-refractivity contribution is 0.0946. The van der Waals surface area contributed by atoms with Crippen molar-refractivity contribution in [3.63, 3.8) is 0 Å². The van der Waals surface area contributed by atoms with Crippen LogP contribution in [0.25, 0.3) is 0 Å². The molecular weight excluding hydrogens is 266 g/mol. The standard InChI is InChI=1S/C14H12F2N2O2/c1-20-12-6-5-9(7-17-12)8-18-14(19)10-3-2-4-11(15)13(10)16/h2-7H,8H2,1H3,(H,18,19). The van der Waals surface area contributed by atoms with E-state index in [1.165, 1.54) is 25.4 Å². The summed E-state index contributed by atoms with van der Waals surface area (Å²) in [7, 11) is 1.50. The Morgan fingerprint density at radius 3 is 2.75 bits per heavy atom. The van der Waals surface area contributed by atoms with E-state index < -0.39 is 17.5 Å². The smallest absolute Gasteiger partial charge is 0.254 e. The van der Waals surface area contributed by atoms with Crippen LogP contribution in [0.2, 0.25) is 0 Å². The Morgan fingerprint density at radius 1 is 1.30 bits per heavy atom. The van der Waals surface area contributed by atoms with Crippen molar-refractivity contribution in [2.75, 3.05) is 7.11 Å². The van der Waals surface area contributed by atoms with Crippen LogP contribution in [0.5, 0.6) is 5.88 Å². The zero-order chi connectivity index (χ0) is 14.5. The highest BCUT2D eigenvalue weighted by Crippen LogP contribution is 2.11. The topological polar surface area (TPSA) is 51.2 Å². The number of halogens is 2. The van der Waals surface area contributed by atoms with Crippen molar-refractivity contribution >= 4 is 5.91 Å². The number of nitrogens with zero attached hydrogens (tertiary/aromatic N) is 1. The Balaban J connectivity index is 2.02. The van der Waals surface area contributed by atoms with Gasteiger partial charge in [-0.3, -0.25) is 4.79 Å². The molecule has 6 heteroatoms. The highest BCUT2D eigenvalue weighted by molar-refractivity contribution is 5.94. The maximum atomic E-state index is 13.4. The zero-order valence-corrected chi connectivity index (χ0v) is 10.7. The van der Waals surface area contributed by atoms with Gasteiger partial charge in [0.1, 0.15) is 0 Å². The van der Waals surface area contributed by atoms with Gasteiger partial charge in [0.2, 0.25) is 5.88 Å². The molecule has 4 nitrogen and oxygen atoms in total. The van der Waals surface area contributed by atoms with E-state index in [1.54, 1.807) is 12.1 Å². The molecule has 2 rings (SSSR count). The maximum Gasteiger partial charge on any atom is 0.254 e. The second-order valence-corrected chi connectivity index (χ2v) is 3.99. The quantitative estimate of drug-likeness (QED) is 0.933. The second kappa shape index (κ2) is 6.10. The van der Waals surface area contributed by atoms with Crippen LogP contribution in [-0.4, -0.2) is 18.0 Å². The van der Waals surface area contributed by atoms with Crippen molar-refractivity contribution in [1.82, 2.24) is 10.3 Å².